The van der Waals surface area contributed by atoms with Gasteiger partial charge in [-0.3, -0.25) is 9.59 Å². The molecule has 0 spiro atoms. The number of ether oxygens (including phenoxy) is 1. The maximum absolute atomic E-state index is 12.0. The Labute approximate surface area is 108 Å². The third-order valence-corrected chi connectivity index (χ3v) is 2.16. The number of nitrogens with two attached hydrogens (primary N) is 1. The van der Waals surface area contributed by atoms with Gasteiger partial charge in [0.1, 0.15) is 5.75 Å². The Hall–Kier alpha value is -2.83. The number of hydrogen-bond acceptors (Lipinski definition) is 6. The van der Waals surface area contributed by atoms with Crippen LogP contribution >= 0.6 is 0 Å². The van der Waals surface area contributed by atoms with E-state index in [1.54, 1.807) is 12.1 Å². The minimum Gasteiger partial charge on any atom is -0.426 e. The Balaban J connectivity index is 2.21. The molecule has 3 N–H and O–H groups in total. The van der Waals surface area contributed by atoms with Gasteiger partial charge >= 0.3 is 5.97 Å². The van der Waals surface area contributed by atoms with Crippen molar-refractivity contribution < 1.29 is 18.8 Å². The minimum atomic E-state index is -0.508. The fraction of sp³-hybridized carbons (Fsp3) is 0.0833. The largest absolute Gasteiger partial charge is 0.426 e. The molecule has 1 amide bonds. The first-order valence-corrected chi connectivity index (χ1v) is 5.37. The van der Waals surface area contributed by atoms with Gasteiger partial charge < -0.3 is 20.3 Å². The van der Waals surface area contributed by atoms with Crippen LogP contribution in [0.5, 0.6) is 5.75 Å². The summed E-state index contributed by atoms with van der Waals surface area (Å²) in [5.74, 6) is -0.552. The molecule has 0 bridgehead atoms. The van der Waals surface area contributed by atoms with Crippen LogP contribution < -0.4 is 15.8 Å². The van der Waals surface area contributed by atoms with Crippen LogP contribution in [0.3, 0.4) is 0 Å². The molecule has 0 aliphatic heterocycles. The molecule has 98 valence electrons. The lowest BCUT2D eigenvalue weighted by molar-refractivity contribution is -0.131. The summed E-state index contributed by atoms with van der Waals surface area (Å²) < 4.78 is 9.56. The summed E-state index contributed by atoms with van der Waals surface area (Å²) in [5.41, 5.74) is 5.55. The number of benzene rings is 1. The quantitative estimate of drug-likeness (QED) is 0.639. The van der Waals surface area contributed by atoms with Crippen molar-refractivity contribution in [3.8, 4) is 5.75 Å². The lowest BCUT2D eigenvalue weighted by atomic mass is 10.2. The van der Waals surface area contributed by atoms with Crippen LogP contribution in [0, 0.1) is 0 Å². The van der Waals surface area contributed by atoms with Crippen LogP contribution in [0.1, 0.15) is 17.3 Å². The first-order valence-electron chi connectivity index (χ1n) is 5.37. The second kappa shape index (κ2) is 5.21. The van der Waals surface area contributed by atoms with Gasteiger partial charge in [-0.2, -0.15) is 0 Å². The van der Waals surface area contributed by atoms with Crippen LogP contribution in [0.15, 0.2) is 34.9 Å². The topological polar surface area (TPSA) is 107 Å². The standard InChI is InChI=1S/C12H11N3O4/c1-7(16)18-9-5-3-2-4-8(9)12(17)14-11-6-10(13)19-15-11/h2-6H,13H2,1H3,(H,14,15,17). The van der Waals surface area contributed by atoms with Gasteiger partial charge in [-0.05, 0) is 12.1 Å². The van der Waals surface area contributed by atoms with E-state index in [4.69, 9.17) is 10.5 Å². The number of nitrogens with one attached hydrogen (secondary N) is 1. The van der Waals surface area contributed by atoms with Crippen molar-refractivity contribution in [3.05, 3.63) is 35.9 Å². The second-order valence-corrected chi connectivity index (χ2v) is 3.66. The second-order valence-electron chi connectivity index (χ2n) is 3.66. The molecule has 0 atom stereocenters. The van der Waals surface area contributed by atoms with Gasteiger partial charge in [0.05, 0.1) is 5.56 Å². The van der Waals surface area contributed by atoms with Gasteiger partial charge in [0.2, 0.25) is 5.88 Å². The van der Waals surface area contributed by atoms with Crippen molar-refractivity contribution in [2.24, 2.45) is 0 Å². The average Bonchev–Trinajstić information content (AvgIpc) is 2.74. The van der Waals surface area contributed by atoms with E-state index < -0.39 is 11.9 Å². The number of esters is 1. The molecule has 7 heteroatoms. The molecule has 7 nitrogen and oxygen atoms in total. The van der Waals surface area contributed by atoms with Crippen molar-refractivity contribution in [1.82, 2.24) is 5.16 Å². The maximum atomic E-state index is 12.0. The third kappa shape index (κ3) is 3.09. The molecule has 1 aromatic carbocycles. The predicted octanol–water partition coefficient (Wildman–Crippen LogP) is 1.43. The number of nitrogen functional groups attached to an aromatic ring is 1. The summed E-state index contributed by atoms with van der Waals surface area (Å²) in [7, 11) is 0. The number of nitrogens with zero attached hydrogens (tertiary/aromatic N) is 1. The zero-order chi connectivity index (χ0) is 13.8. The molecule has 0 radical (unpaired) electrons. The smallest absolute Gasteiger partial charge is 0.308 e. The van der Waals surface area contributed by atoms with E-state index in [0.29, 0.717) is 0 Å². The van der Waals surface area contributed by atoms with Gasteiger partial charge in [-0.15, -0.1) is 0 Å². The Morgan fingerprint density at radius 2 is 2.11 bits per heavy atom. The summed E-state index contributed by atoms with van der Waals surface area (Å²) in [6.07, 6.45) is 0. The highest BCUT2D eigenvalue weighted by atomic mass is 16.5. The van der Waals surface area contributed by atoms with E-state index in [9.17, 15) is 9.59 Å². The fourth-order valence-corrected chi connectivity index (χ4v) is 1.43. The molecule has 0 unspecified atom stereocenters. The monoisotopic (exact) mass is 261 g/mol. The van der Waals surface area contributed by atoms with E-state index in [1.807, 2.05) is 0 Å². The average molecular weight is 261 g/mol. The van der Waals surface area contributed by atoms with Crippen LogP contribution in [0.2, 0.25) is 0 Å². The predicted molar refractivity (Wildman–Crippen MR) is 66.6 cm³/mol. The van der Waals surface area contributed by atoms with Crippen molar-refractivity contribution in [3.63, 3.8) is 0 Å². The Kier molecular flexibility index (Phi) is 3.46. The van der Waals surface area contributed by atoms with Crippen LogP contribution in [0.4, 0.5) is 11.7 Å². The van der Waals surface area contributed by atoms with E-state index >= 15 is 0 Å². The molecule has 0 saturated heterocycles. The van der Waals surface area contributed by atoms with Gasteiger partial charge in [-0.1, -0.05) is 17.3 Å². The van der Waals surface area contributed by atoms with Crippen molar-refractivity contribution in [1.29, 1.82) is 0 Å². The minimum absolute atomic E-state index is 0.0866. The van der Waals surface area contributed by atoms with Crippen molar-refractivity contribution in [2.75, 3.05) is 11.1 Å². The molecule has 0 fully saturated rings. The number of para-hydroxylation sites is 1. The molecule has 19 heavy (non-hydrogen) atoms. The van der Waals surface area contributed by atoms with Crippen LogP contribution in [-0.4, -0.2) is 17.0 Å². The summed E-state index contributed by atoms with van der Waals surface area (Å²) >= 11 is 0. The van der Waals surface area contributed by atoms with E-state index in [1.165, 1.54) is 25.1 Å². The number of hydrogen-bond donors (Lipinski definition) is 2. The van der Waals surface area contributed by atoms with Crippen LogP contribution in [0.25, 0.3) is 0 Å². The lowest BCUT2D eigenvalue weighted by Gasteiger charge is -2.07. The lowest BCUT2D eigenvalue weighted by Crippen LogP contribution is -2.15. The SMILES string of the molecule is CC(=O)Oc1ccccc1C(=O)Nc1cc(N)on1. The Morgan fingerprint density at radius 1 is 1.37 bits per heavy atom. The number of carbonyl (C=O) groups is 2. The Bertz CT molecular complexity index is 621. The number of amides is 1. The summed E-state index contributed by atoms with van der Waals surface area (Å²) in [4.78, 5) is 23.0. The Morgan fingerprint density at radius 3 is 2.74 bits per heavy atom. The highest BCUT2D eigenvalue weighted by Gasteiger charge is 2.15. The fourth-order valence-electron chi connectivity index (χ4n) is 1.43. The van der Waals surface area contributed by atoms with E-state index in [2.05, 4.69) is 15.0 Å². The molecule has 0 aliphatic rings. The first-order chi connectivity index (χ1) is 9.06. The highest BCUT2D eigenvalue weighted by Crippen LogP contribution is 2.20. The third-order valence-electron chi connectivity index (χ3n) is 2.16. The van der Waals surface area contributed by atoms with Gasteiger partial charge in [-0.25, -0.2) is 0 Å². The van der Waals surface area contributed by atoms with Crippen LogP contribution in [-0.2, 0) is 4.79 Å². The van der Waals surface area contributed by atoms with E-state index in [-0.39, 0.29) is 23.0 Å². The van der Waals surface area contributed by atoms with Crippen molar-refractivity contribution in [2.45, 2.75) is 6.92 Å². The molecular weight excluding hydrogens is 250 g/mol. The molecule has 2 rings (SSSR count). The first kappa shape index (κ1) is 12.6. The normalized spacial score (nSPS) is 9.95. The molecule has 1 heterocycles. The number of aromatic nitrogens is 1. The molecule has 0 saturated carbocycles. The van der Waals surface area contributed by atoms with Gasteiger partial charge in [0.25, 0.3) is 5.91 Å². The molecule has 0 aliphatic carbocycles. The zero-order valence-corrected chi connectivity index (χ0v) is 10.0. The molecule has 1 aromatic heterocycles. The van der Waals surface area contributed by atoms with Gasteiger partial charge in [0.15, 0.2) is 5.82 Å². The highest BCUT2D eigenvalue weighted by molar-refractivity contribution is 6.06. The van der Waals surface area contributed by atoms with Gasteiger partial charge in [0, 0.05) is 13.0 Å². The van der Waals surface area contributed by atoms with E-state index in [0.717, 1.165) is 0 Å². The molecule has 2 aromatic rings. The van der Waals surface area contributed by atoms with Crippen molar-refractivity contribution >= 4 is 23.6 Å². The number of anilines is 2. The molecular formula is C12H11N3O4. The summed E-state index contributed by atoms with van der Waals surface area (Å²) in [6, 6.07) is 7.72. The summed E-state index contributed by atoms with van der Waals surface area (Å²) in [6.45, 7) is 1.26. The number of carbonyl (C=O) groups excluding carboxylic acids is 2. The maximum Gasteiger partial charge on any atom is 0.308 e. The summed E-state index contributed by atoms with van der Waals surface area (Å²) in [5, 5.41) is 6.01. The zero-order valence-electron chi connectivity index (χ0n) is 10.0. The number of rotatable bonds is 3.